The second kappa shape index (κ2) is 9.50. The predicted molar refractivity (Wildman–Crippen MR) is 138 cm³/mol. The summed E-state index contributed by atoms with van der Waals surface area (Å²) in [5, 5.41) is 0. The number of fused-ring (bicyclic) bond motifs is 1. The lowest BCUT2D eigenvalue weighted by Crippen LogP contribution is -2.42. The zero-order valence-corrected chi connectivity index (χ0v) is 20.9. The standard InChI is InChI=1S/C27H31N3O3S/c1-5-26(31)29-24-10-8-9-11-25(24)30(34(32,33)23-18-12-20(4)13-19-23)27(29)21-14-16-22(17-15-21)28(6-2)7-3/h8-19,27H,5-7H2,1-4H3. The van der Waals surface area contributed by atoms with E-state index in [1.807, 2.05) is 43.3 Å². The minimum atomic E-state index is -3.95. The third-order valence-electron chi connectivity index (χ3n) is 6.31. The van der Waals surface area contributed by atoms with Gasteiger partial charge in [0.15, 0.2) is 0 Å². The van der Waals surface area contributed by atoms with Crippen molar-refractivity contribution < 1.29 is 13.2 Å². The highest BCUT2D eigenvalue weighted by molar-refractivity contribution is 7.92. The number of carbonyl (C=O) groups is 1. The molecule has 1 atom stereocenters. The molecule has 1 aliphatic heterocycles. The SMILES string of the molecule is CCC(=O)N1c2ccccc2N(S(=O)(=O)c2ccc(C)cc2)C1c1ccc(N(CC)CC)cc1. The molecule has 3 aromatic carbocycles. The largest absolute Gasteiger partial charge is 0.372 e. The number of anilines is 3. The van der Waals surface area contributed by atoms with Gasteiger partial charge in [-0.2, -0.15) is 0 Å². The average molecular weight is 478 g/mol. The number of sulfonamides is 1. The maximum atomic E-state index is 14.0. The van der Waals surface area contributed by atoms with Crippen LogP contribution in [0.3, 0.4) is 0 Å². The molecule has 0 aromatic heterocycles. The molecule has 6 nitrogen and oxygen atoms in total. The molecule has 0 aliphatic carbocycles. The van der Waals surface area contributed by atoms with Gasteiger partial charge in [-0.05, 0) is 62.7 Å². The third kappa shape index (κ3) is 4.05. The Hall–Kier alpha value is -3.32. The fourth-order valence-corrected chi connectivity index (χ4v) is 6.08. The number of aryl methyl sites for hydroxylation is 1. The van der Waals surface area contributed by atoms with Crippen molar-refractivity contribution in [1.82, 2.24) is 0 Å². The van der Waals surface area contributed by atoms with E-state index in [1.165, 1.54) is 4.31 Å². The first-order valence-corrected chi connectivity index (χ1v) is 13.1. The molecular weight excluding hydrogens is 446 g/mol. The summed E-state index contributed by atoms with van der Waals surface area (Å²) in [6.07, 6.45) is -0.539. The Kier molecular flexibility index (Phi) is 6.66. The zero-order valence-electron chi connectivity index (χ0n) is 20.1. The van der Waals surface area contributed by atoms with E-state index in [-0.39, 0.29) is 17.2 Å². The number of para-hydroxylation sites is 2. The van der Waals surface area contributed by atoms with Crippen LogP contribution in [0.4, 0.5) is 17.1 Å². The molecule has 0 fully saturated rings. The molecule has 3 aromatic rings. The molecule has 1 heterocycles. The molecule has 4 rings (SSSR count). The van der Waals surface area contributed by atoms with E-state index in [0.717, 1.165) is 29.9 Å². The van der Waals surface area contributed by atoms with Crippen molar-refractivity contribution in [3.8, 4) is 0 Å². The summed E-state index contributed by atoms with van der Waals surface area (Å²) in [6.45, 7) is 9.66. The summed E-state index contributed by atoms with van der Waals surface area (Å²) in [5.41, 5.74) is 3.88. The summed E-state index contributed by atoms with van der Waals surface area (Å²) < 4.78 is 29.4. The maximum absolute atomic E-state index is 14.0. The first-order valence-electron chi connectivity index (χ1n) is 11.7. The van der Waals surface area contributed by atoms with Crippen LogP contribution in [0.25, 0.3) is 0 Å². The lowest BCUT2D eigenvalue weighted by atomic mass is 10.1. The molecule has 0 saturated carbocycles. The third-order valence-corrected chi connectivity index (χ3v) is 8.10. The second-order valence-corrected chi connectivity index (χ2v) is 10.2. The van der Waals surface area contributed by atoms with Crippen molar-refractivity contribution in [3.63, 3.8) is 0 Å². The highest BCUT2D eigenvalue weighted by Crippen LogP contribution is 2.49. The van der Waals surface area contributed by atoms with Crippen molar-refractivity contribution in [1.29, 1.82) is 0 Å². The van der Waals surface area contributed by atoms with Gasteiger partial charge in [-0.3, -0.25) is 9.69 Å². The Morgan fingerprint density at radius 3 is 2.00 bits per heavy atom. The van der Waals surface area contributed by atoms with Crippen molar-refractivity contribution in [3.05, 3.63) is 83.9 Å². The van der Waals surface area contributed by atoms with Crippen molar-refractivity contribution in [2.75, 3.05) is 27.2 Å². The van der Waals surface area contributed by atoms with Gasteiger partial charge in [0, 0.05) is 25.2 Å². The van der Waals surface area contributed by atoms with Crippen LogP contribution >= 0.6 is 0 Å². The van der Waals surface area contributed by atoms with E-state index in [1.54, 1.807) is 48.2 Å². The molecule has 7 heteroatoms. The van der Waals surface area contributed by atoms with Gasteiger partial charge in [0.2, 0.25) is 5.91 Å². The van der Waals surface area contributed by atoms with E-state index in [4.69, 9.17) is 0 Å². The van der Waals surface area contributed by atoms with Crippen LogP contribution in [-0.4, -0.2) is 27.4 Å². The Balaban J connectivity index is 1.90. The topological polar surface area (TPSA) is 60.9 Å². The quantitative estimate of drug-likeness (QED) is 0.451. The fraction of sp³-hybridized carbons (Fsp3) is 0.296. The zero-order chi connectivity index (χ0) is 24.5. The summed E-state index contributed by atoms with van der Waals surface area (Å²) in [7, 11) is -3.95. The number of hydrogen-bond donors (Lipinski definition) is 0. The molecule has 178 valence electrons. The van der Waals surface area contributed by atoms with Gasteiger partial charge in [-0.25, -0.2) is 12.7 Å². The number of nitrogens with zero attached hydrogens (tertiary/aromatic N) is 3. The van der Waals surface area contributed by atoms with Crippen molar-refractivity contribution >= 4 is 33.0 Å². The molecule has 0 bridgehead atoms. The van der Waals surface area contributed by atoms with Crippen LogP contribution in [0.2, 0.25) is 0 Å². The molecule has 1 aliphatic rings. The summed E-state index contributed by atoms with van der Waals surface area (Å²) in [6, 6.07) is 21.9. The summed E-state index contributed by atoms with van der Waals surface area (Å²) in [4.78, 5) is 17.2. The van der Waals surface area contributed by atoms with Crippen molar-refractivity contribution in [2.24, 2.45) is 0 Å². The first kappa shape index (κ1) is 23.8. The fourth-order valence-electron chi connectivity index (χ4n) is 4.48. The van der Waals surface area contributed by atoms with Crippen LogP contribution in [0.1, 0.15) is 44.5 Å². The second-order valence-electron chi connectivity index (χ2n) is 8.36. The van der Waals surface area contributed by atoms with Crippen LogP contribution in [0, 0.1) is 6.92 Å². The Labute approximate surface area is 202 Å². The van der Waals surface area contributed by atoms with Gasteiger partial charge in [0.25, 0.3) is 10.0 Å². The maximum Gasteiger partial charge on any atom is 0.266 e. The van der Waals surface area contributed by atoms with Crippen LogP contribution in [0.15, 0.2) is 77.7 Å². The normalized spacial score (nSPS) is 15.4. The van der Waals surface area contributed by atoms with E-state index in [9.17, 15) is 13.2 Å². The van der Waals surface area contributed by atoms with Gasteiger partial charge in [-0.1, -0.05) is 48.9 Å². The van der Waals surface area contributed by atoms with E-state index < -0.39 is 16.2 Å². The number of benzene rings is 3. The first-order chi connectivity index (χ1) is 16.3. The van der Waals surface area contributed by atoms with Crippen LogP contribution in [0.5, 0.6) is 0 Å². The Morgan fingerprint density at radius 1 is 0.853 bits per heavy atom. The molecule has 34 heavy (non-hydrogen) atoms. The van der Waals surface area contributed by atoms with Gasteiger partial charge < -0.3 is 4.90 Å². The van der Waals surface area contributed by atoms with E-state index >= 15 is 0 Å². The van der Waals surface area contributed by atoms with E-state index in [0.29, 0.717) is 11.4 Å². The minimum Gasteiger partial charge on any atom is -0.372 e. The molecule has 0 radical (unpaired) electrons. The molecule has 0 saturated heterocycles. The average Bonchev–Trinajstić information content (AvgIpc) is 3.21. The summed E-state index contributed by atoms with van der Waals surface area (Å²) in [5.74, 6) is -0.133. The molecule has 1 unspecified atom stereocenters. The highest BCUT2D eigenvalue weighted by Gasteiger charge is 2.46. The molecule has 1 amide bonds. The summed E-state index contributed by atoms with van der Waals surface area (Å²) >= 11 is 0. The smallest absolute Gasteiger partial charge is 0.266 e. The minimum absolute atomic E-state index is 0.133. The van der Waals surface area contributed by atoms with Crippen LogP contribution < -0.4 is 14.1 Å². The number of rotatable bonds is 7. The van der Waals surface area contributed by atoms with Gasteiger partial charge in [0.05, 0.1) is 16.3 Å². The monoisotopic (exact) mass is 477 g/mol. The lowest BCUT2D eigenvalue weighted by Gasteiger charge is -2.32. The molecule has 0 spiro atoms. The van der Waals surface area contributed by atoms with Crippen LogP contribution in [-0.2, 0) is 14.8 Å². The van der Waals surface area contributed by atoms with Gasteiger partial charge in [-0.15, -0.1) is 0 Å². The molecular formula is C27H31N3O3S. The predicted octanol–water partition coefficient (Wildman–Crippen LogP) is 5.49. The highest BCUT2D eigenvalue weighted by atomic mass is 32.2. The number of hydrogen-bond acceptors (Lipinski definition) is 4. The Bertz CT molecular complexity index is 1270. The van der Waals surface area contributed by atoms with E-state index in [2.05, 4.69) is 18.7 Å². The number of carbonyl (C=O) groups excluding carboxylic acids is 1. The lowest BCUT2D eigenvalue weighted by molar-refractivity contribution is -0.118. The van der Waals surface area contributed by atoms with Crippen molar-refractivity contribution in [2.45, 2.75) is 45.2 Å². The van der Waals surface area contributed by atoms with Gasteiger partial charge in [0.1, 0.15) is 6.17 Å². The Morgan fingerprint density at radius 2 is 1.44 bits per heavy atom. The number of amides is 1. The molecule has 0 N–H and O–H groups in total. The van der Waals surface area contributed by atoms with Gasteiger partial charge >= 0.3 is 0 Å².